The molecule has 0 aromatic heterocycles. The number of aryl methyl sites for hydroxylation is 1. The summed E-state index contributed by atoms with van der Waals surface area (Å²) in [5, 5.41) is 3.66. The number of benzene rings is 1. The van der Waals surface area contributed by atoms with Gasteiger partial charge in [-0.25, -0.2) is 0 Å². The first kappa shape index (κ1) is 14.5. The molecule has 1 unspecified atom stereocenters. The minimum Gasteiger partial charge on any atom is -0.381 e. The van der Waals surface area contributed by atoms with Gasteiger partial charge in [0.2, 0.25) is 0 Å². The average molecular weight is 261 g/mol. The summed E-state index contributed by atoms with van der Waals surface area (Å²) in [7, 11) is 0. The summed E-state index contributed by atoms with van der Waals surface area (Å²) in [4.78, 5) is 0. The zero-order chi connectivity index (χ0) is 13.5. The fourth-order valence-corrected chi connectivity index (χ4v) is 3.04. The van der Waals surface area contributed by atoms with Crippen LogP contribution in [0.4, 0.5) is 0 Å². The minimum atomic E-state index is 0.606. The van der Waals surface area contributed by atoms with Crippen LogP contribution in [0.2, 0.25) is 0 Å². The van der Waals surface area contributed by atoms with Gasteiger partial charge in [0.15, 0.2) is 0 Å². The third-order valence-electron chi connectivity index (χ3n) is 4.02. The molecule has 0 saturated carbocycles. The van der Waals surface area contributed by atoms with Crippen LogP contribution in [-0.4, -0.2) is 25.8 Å². The highest BCUT2D eigenvalue weighted by Gasteiger charge is 2.19. The molecule has 19 heavy (non-hydrogen) atoms. The normalized spacial score (nSPS) is 18.4. The average Bonchev–Trinajstić information content (AvgIpc) is 2.40. The standard InChI is InChI=1S/C17H27NO/c1-3-18-17(12-15-7-9-19-10-8-15)13-16-6-4-5-14(2)11-16/h4-6,11,15,17-18H,3,7-10,12-13H2,1-2H3. The van der Waals surface area contributed by atoms with Crippen LogP contribution in [0.15, 0.2) is 24.3 Å². The minimum absolute atomic E-state index is 0.606. The molecule has 1 aromatic rings. The van der Waals surface area contributed by atoms with E-state index in [1.54, 1.807) is 0 Å². The molecule has 1 saturated heterocycles. The van der Waals surface area contributed by atoms with Crippen molar-refractivity contribution in [3.05, 3.63) is 35.4 Å². The number of hydrogen-bond acceptors (Lipinski definition) is 2. The second-order valence-corrected chi connectivity index (χ2v) is 5.74. The Morgan fingerprint density at radius 3 is 2.79 bits per heavy atom. The topological polar surface area (TPSA) is 21.3 Å². The van der Waals surface area contributed by atoms with E-state index in [9.17, 15) is 0 Å². The summed E-state index contributed by atoms with van der Waals surface area (Å²) in [6.07, 6.45) is 4.89. The molecule has 1 N–H and O–H groups in total. The quantitative estimate of drug-likeness (QED) is 0.848. The first-order valence-corrected chi connectivity index (χ1v) is 7.64. The van der Waals surface area contributed by atoms with E-state index in [-0.39, 0.29) is 0 Å². The smallest absolute Gasteiger partial charge is 0.0468 e. The van der Waals surface area contributed by atoms with Gasteiger partial charge in [-0.05, 0) is 50.6 Å². The molecule has 2 heteroatoms. The maximum atomic E-state index is 5.45. The van der Waals surface area contributed by atoms with Crippen molar-refractivity contribution in [3.8, 4) is 0 Å². The number of ether oxygens (including phenoxy) is 1. The molecular weight excluding hydrogens is 234 g/mol. The van der Waals surface area contributed by atoms with Gasteiger partial charge in [0, 0.05) is 19.3 Å². The Morgan fingerprint density at radius 1 is 1.32 bits per heavy atom. The Balaban J connectivity index is 1.91. The SMILES string of the molecule is CCNC(Cc1cccc(C)c1)CC1CCOCC1. The summed E-state index contributed by atoms with van der Waals surface area (Å²) in [5.74, 6) is 0.836. The Kier molecular flexibility index (Phi) is 5.87. The van der Waals surface area contributed by atoms with Gasteiger partial charge in [0.25, 0.3) is 0 Å². The van der Waals surface area contributed by atoms with Crippen molar-refractivity contribution in [2.75, 3.05) is 19.8 Å². The monoisotopic (exact) mass is 261 g/mol. The summed E-state index contributed by atoms with van der Waals surface area (Å²) in [6, 6.07) is 9.51. The molecule has 2 rings (SSSR count). The lowest BCUT2D eigenvalue weighted by Crippen LogP contribution is -2.34. The second-order valence-electron chi connectivity index (χ2n) is 5.74. The maximum Gasteiger partial charge on any atom is 0.0468 e. The van der Waals surface area contributed by atoms with Gasteiger partial charge in [-0.15, -0.1) is 0 Å². The molecule has 1 aromatic carbocycles. The Morgan fingerprint density at radius 2 is 2.11 bits per heavy atom. The Labute approximate surface area is 117 Å². The van der Waals surface area contributed by atoms with Crippen LogP contribution in [0.3, 0.4) is 0 Å². The molecule has 1 heterocycles. The molecule has 0 radical (unpaired) electrons. The van der Waals surface area contributed by atoms with Crippen molar-refractivity contribution >= 4 is 0 Å². The Hall–Kier alpha value is -0.860. The largest absolute Gasteiger partial charge is 0.381 e. The van der Waals surface area contributed by atoms with Crippen molar-refractivity contribution in [1.82, 2.24) is 5.32 Å². The Bertz CT molecular complexity index is 371. The number of rotatable bonds is 6. The van der Waals surface area contributed by atoms with Gasteiger partial charge in [-0.3, -0.25) is 0 Å². The molecule has 1 aliphatic rings. The van der Waals surface area contributed by atoms with E-state index in [4.69, 9.17) is 4.74 Å². The fraction of sp³-hybridized carbons (Fsp3) is 0.647. The first-order chi connectivity index (χ1) is 9.28. The van der Waals surface area contributed by atoms with Gasteiger partial charge in [-0.1, -0.05) is 36.8 Å². The lowest BCUT2D eigenvalue weighted by Gasteiger charge is -2.27. The van der Waals surface area contributed by atoms with Gasteiger partial charge < -0.3 is 10.1 Å². The highest BCUT2D eigenvalue weighted by molar-refractivity contribution is 5.23. The van der Waals surface area contributed by atoms with Crippen molar-refractivity contribution in [1.29, 1.82) is 0 Å². The molecule has 1 fully saturated rings. The first-order valence-electron chi connectivity index (χ1n) is 7.64. The maximum absolute atomic E-state index is 5.45. The lowest BCUT2D eigenvalue weighted by molar-refractivity contribution is 0.0606. The van der Waals surface area contributed by atoms with Crippen LogP contribution in [0.25, 0.3) is 0 Å². The summed E-state index contributed by atoms with van der Waals surface area (Å²) >= 11 is 0. The zero-order valence-electron chi connectivity index (χ0n) is 12.3. The predicted molar refractivity (Wildman–Crippen MR) is 80.5 cm³/mol. The number of likely N-dealkylation sites (N-methyl/N-ethyl adjacent to an activating group) is 1. The molecule has 0 spiro atoms. The highest BCUT2D eigenvalue weighted by Crippen LogP contribution is 2.22. The van der Waals surface area contributed by atoms with E-state index in [0.29, 0.717) is 6.04 Å². The molecule has 106 valence electrons. The van der Waals surface area contributed by atoms with Gasteiger partial charge in [-0.2, -0.15) is 0 Å². The van der Waals surface area contributed by atoms with E-state index in [1.165, 1.54) is 30.4 Å². The van der Waals surface area contributed by atoms with Gasteiger partial charge in [0.1, 0.15) is 0 Å². The van der Waals surface area contributed by atoms with Crippen LogP contribution in [0.1, 0.15) is 37.3 Å². The molecule has 1 aliphatic heterocycles. The van der Waals surface area contributed by atoms with Crippen molar-refractivity contribution in [3.63, 3.8) is 0 Å². The summed E-state index contributed by atoms with van der Waals surface area (Å²) in [6.45, 7) is 7.33. The highest BCUT2D eigenvalue weighted by atomic mass is 16.5. The van der Waals surface area contributed by atoms with Crippen molar-refractivity contribution in [2.45, 2.75) is 45.6 Å². The van der Waals surface area contributed by atoms with E-state index >= 15 is 0 Å². The molecule has 2 nitrogen and oxygen atoms in total. The number of hydrogen-bond donors (Lipinski definition) is 1. The molecule has 0 bridgehead atoms. The van der Waals surface area contributed by atoms with Gasteiger partial charge in [0.05, 0.1) is 0 Å². The molecule has 1 atom stereocenters. The molecule has 0 aliphatic carbocycles. The van der Waals surface area contributed by atoms with Gasteiger partial charge >= 0.3 is 0 Å². The zero-order valence-corrected chi connectivity index (χ0v) is 12.3. The van der Waals surface area contributed by atoms with Crippen molar-refractivity contribution in [2.24, 2.45) is 5.92 Å². The summed E-state index contributed by atoms with van der Waals surface area (Å²) in [5.41, 5.74) is 2.82. The predicted octanol–water partition coefficient (Wildman–Crippen LogP) is 3.33. The van der Waals surface area contributed by atoms with Crippen LogP contribution in [-0.2, 0) is 11.2 Å². The third-order valence-corrected chi connectivity index (χ3v) is 4.02. The van der Waals surface area contributed by atoms with Crippen LogP contribution < -0.4 is 5.32 Å². The van der Waals surface area contributed by atoms with E-state index < -0.39 is 0 Å². The second kappa shape index (κ2) is 7.66. The summed E-state index contributed by atoms with van der Waals surface area (Å²) < 4.78 is 5.45. The van der Waals surface area contributed by atoms with Crippen molar-refractivity contribution < 1.29 is 4.74 Å². The molecule has 0 amide bonds. The number of nitrogens with one attached hydrogen (secondary N) is 1. The molecular formula is C17H27NO. The van der Waals surface area contributed by atoms with Crippen LogP contribution in [0, 0.1) is 12.8 Å². The van der Waals surface area contributed by atoms with E-state index in [0.717, 1.165) is 32.1 Å². The fourth-order valence-electron chi connectivity index (χ4n) is 3.04. The van der Waals surface area contributed by atoms with E-state index in [1.807, 2.05) is 0 Å². The van der Waals surface area contributed by atoms with E-state index in [2.05, 4.69) is 43.4 Å². The third kappa shape index (κ3) is 4.96. The van der Waals surface area contributed by atoms with Crippen LogP contribution in [0.5, 0.6) is 0 Å². The lowest BCUT2D eigenvalue weighted by atomic mass is 9.89. The van der Waals surface area contributed by atoms with Crippen LogP contribution >= 0.6 is 0 Å².